The van der Waals surface area contributed by atoms with Crippen molar-refractivity contribution in [2.45, 2.75) is 13.0 Å². The first-order chi connectivity index (χ1) is 15.5. The summed E-state index contributed by atoms with van der Waals surface area (Å²) in [6.07, 6.45) is 1.68. The van der Waals surface area contributed by atoms with Gasteiger partial charge in [0.2, 0.25) is 5.91 Å². The molecule has 0 aliphatic rings. The average Bonchev–Trinajstić information content (AvgIpc) is 2.79. The van der Waals surface area contributed by atoms with Gasteiger partial charge in [-0.05, 0) is 42.0 Å². The molecule has 0 saturated heterocycles. The molecule has 0 aliphatic carbocycles. The molecule has 0 saturated carbocycles. The van der Waals surface area contributed by atoms with E-state index in [1.807, 2.05) is 30.3 Å². The van der Waals surface area contributed by atoms with Gasteiger partial charge in [0.15, 0.2) is 11.5 Å². The molecule has 0 bridgehead atoms. The van der Waals surface area contributed by atoms with Crippen LogP contribution in [-0.2, 0) is 17.8 Å². The van der Waals surface area contributed by atoms with E-state index in [-0.39, 0.29) is 18.9 Å². The molecular weight excluding hydrogens is 451 g/mol. The Morgan fingerprint density at radius 1 is 0.969 bits per heavy atom. The lowest BCUT2D eigenvalue weighted by Gasteiger charge is -2.10. The zero-order valence-corrected chi connectivity index (χ0v) is 19.1. The zero-order valence-electron chi connectivity index (χ0n) is 17.6. The molecule has 0 radical (unpaired) electrons. The molecule has 1 N–H and O–H groups in total. The van der Waals surface area contributed by atoms with Crippen LogP contribution in [0.4, 0.5) is 0 Å². The maximum atomic E-state index is 12.3. The molecule has 0 spiro atoms. The summed E-state index contributed by atoms with van der Waals surface area (Å²) in [6, 6.07) is 17.9. The Labute approximate surface area is 196 Å². The SMILES string of the molecule is COc1ccc(CC(=O)N/N=C/c2ccccc2OCc2ccc(Cl)cc2Cl)cc1OC. The number of halogens is 2. The molecule has 6 nitrogen and oxygen atoms in total. The number of rotatable bonds is 9. The van der Waals surface area contributed by atoms with E-state index >= 15 is 0 Å². The van der Waals surface area contributed by atoms with Crippen LogP contribution >= 0.6 is 23.2 Å². The molecule has 8 heteroatoms. The van der Waals surface area contributed by atoms with Crippen LogP contribution in [0.5, 0.6) is 17.2 Å². The highest BCUT2D eigenvalue weighted by Crippen LogP contribution is 2.27. The topological polar surface area (TPSA) is 69.2 Å². The first-order valence-electron chi connectivity index (χ1n) is 9.68. The molecule has 3 aromatic carbocycles. The van der Waals surface area contributed by atoms with E-state index in [1.165, 1.54) is 6.21 Å². The third kappa shape index (κ3) is 6.39. The van der Waals surface area contributed by atoms with Crippen LogP contribution in [-0.4, -0.2) is 26.3 Å². The Hall–Kier alpha value is -3.22. The number of hydrazone groups is 1. The van der Waals surface area contributed by atoms with Crippen LogP contribution in [0.15, 0.2) is 65.8 Å². The summed E-state index contributed by atoms with van der Waals surface area (Å²) in [7, 11) is 3.11. The smallest absolute Gasteiger partial charge is 0.244 e. The highest BCUT2D eigenvalue weighted by Gasteiger charge is 2.09. The molecule has 3 aromatic rings. The fourth-order valence-corrected chi connectivity index (χ4v) is 3.37. The number of nitrogens with one attached hydrogen (secondary N) is 1. The largest absolute Gasteiger partial charge is 0.493 e. The number of hydrogen-bond acceptors (Lipinski definition) is 5. The van der Waals surface area contributed by atoms with Crippen molar-refractivity contribution in [3.63, 3.8) is 0 Å². The van der Waals surface area contributed by atoms with Crippen molar-refractivity contribution in [3.05, 3.63) is 87.4 Å². The Morgan fingerprint density at radius 2 is 1.75 bits per heavy atom. The number of nitrogens with zero attached hydrogens (tertiary/aromatic N) is 1. The summed E-state index contributed by atoms with van der Waals surface area (Å²) < 4.78 is 16.4. The van der Waals surface area contributed by atoms with Crippen molar-refractivity contribution in [2.75, 3.05) is 14.2 Å². The molecule has 3 rings (SSSR count). The third-order valence-electron chi connectivity index (χ3n) is 4.52. The van der Waals surface area contributed by atoms with Crippen LogP contribution in [0.1, 0.15) is 16.7 Å². The molecule has 0 fully saturated rings. The van der Waals surface area contributed by atoms with E-state index in [0.29, 0.717) is 32.9 Å². The van der Waals surface area contributed by atoms with Gasteiger partial charge in [0.1, 0.15) is 12.4 Å². The van der Waals surface area contributed by atoms with Gasteiger partial charge in [-0.25, -0.2) is 5.43 Å². The molecule has 0 heterocycles. The van der Waals surface area contributed by atoms with Crippen molar-refractivity contribution in [2.24, 2.45) is 5.10 Å². The van der Waals surface area contributed by atoms with Crippen molar-refractivity contribution >= 4 is 35.3 Å². The minimum absolute atomic E-state index is 0.144. The van der Waals surface area contributed by atoms with Crippen LogP contribution in [0.3, 0.4) is 0 Å². The first kappa shape index (κ1) is 23.4. The molecule has 166 valence electrons. The molecular formula is C24H22Cl2N2O4. The number of benzene rings is 3. The lowest BCUT2D eigenvalue weighted by molar-refractivity contribution is -0.120. The Morgan fingerprint density at radius 3 is 2.50 bits per heavy atom. The number of methoxy groups -OCH3 is 2. The van der Waals surface area contributed by atoms with Gasteiger partial charge >= 0.3 is 0 Å². The van der Waals surface area contributed by atoms with Crippen molar-refractivity contribution < 1.29 is 19.0 Å². The highest BCUT2D eigenvalue weighted by atomic mass is 35.5. The van der Waals surface area contributed by atoms with Gasteiger partial charge in [-0.3, -0.25) is 4.79 Å². The van der Waals surface area contributed by atoms with Crippen molar-refractivity contribution in [1.82, 2.24) is 5.43 Å². The highest BCUT2D eigenvalue weighted by molar-refractivity contribution is 6.35. The summed E-state index contributed by atoms with van der Waals surface area (Å²) in [5, 5.41) is 5.15. The Bertz CT molecular complexity index is 1120. The fraction of sp³-hybridized carbons (Fsp3) is 0.167. The number of carbonyl (C=O) groups is 1. The van der Waals surface area contributed by atoms with Crippen LogP contribution in [0.2, 0.25) is 10.0 Å². The standard InChI is InChI=1S/C24H22Cl2N2O4/c1-30-22-10-7-16(11-23(22)31-2)12-24(29)28-27-14-17-5-3-4-6-21(17)32-15-18-8-9-19(25)13-20(18)26/h3-11,13-14H,12,15H2,1-2H3,(H,28,29)/b27-14+. The molecule has 0 unspecified atom stereocenters. The maximum Gasteiger partial charge on any atom is 0.244 e. The van der Waals surface area contributed by atoms with Gasteiger partial charge in [0.25, 0.3) is 0 Å². The number of ether oxygens (including phenoxy) is 3. The van der Waals surface area contributed by atoms with E-state index in [0.717, 1.165) is 11.1 Å². The lowest BCUT2D eigenvalue weighted by atomic mass is 10.1. The third-order valence-corrected chi connectivity index (χ3v) is 5.11. The second-order valence-electron chi connectivity index (χ2n) is 6.72. The van der Waals surface area contributed by atoms with Gasteiger partial charge in [-0.15, -0.1) is 0 Å². The number of para-hydroxylation sites is 1. The monoisotopic (exact) mass is 472 g/mol. The van der Waals surface area contributed by atoms with Crippen LogP contribution in [0, 0.1) is 0 Å². The fourth-order valence-electron chi connectivity index (χ4n) is 2.90. The quantitative estimate of drug-likeness (QED) is 0.339. The molecule has 0 aliphatic heterocycles. The van der Waals surface area contributed by atoms with Gasteiger partial charge in [0.05, 0.1) is 26.9 Å². The average molecular weight is 473 g/mol. The zero-order chi connectivity index (χ0) is 22.9. The van der Waals surface area contributed by atoms with Gasteiger partial charge < -0.3 is 14.2 Å². The Kier molecular flexibility index (Phi) is 8.36. The van der Waals surface area contributed by atoms with Crippen LogP contribution < -0.4 is 19.6 Å². The maximum absolute atomic E-state index is 12.3. The summed E-state index contributed by atoms with van der Waals surface area (Å²) in [5.74, 6) is 1.51. The number of carbonyl (C=O) groups excluding carboxylic acids is 1. The van der Waals surface area contributed by atoms with Crippen molar-refractivity contribution in [1.29, 1.82) is 0 Å². The van der Waals surface area contributed by atoms with Gasteiger partial charge in [-0.2, -0.15) is 5.10 Å². The van der Waals surface area contributed by atoms with E-state index in [2.05, 4.69) is 10.5 Å². The number of amides is 1. The van der Waals surface area contributed by atoms with Crippen LogP contribution in [0.25, 0.3) is 0 Å². The normalized spacial score (nSPS) is 10.8. The predicted octanol–water partition coefficient (Wildman–Crippen LogP) is 5.28. The van der Waals surface area contributed by atoms with E-state index < -0.39 is 0 Å². The minimum Gasteiger partial charge on any atom is -0.493 e. The van der Waals surface area contributed by atoms with Gasteiger partial charge in [-0.1, -0.05) is 47.5 Å². The summed E-state index contributed by atoms with van der Waals surface area (Å²) in [4.78, 5) is 12.3. The summed E-state index contributed by atoms with van der Waals surface area (Å²) in [6.45, 7) is 0.270. The predicted molar refractivity (Wildman–Crippen MR) is 126 cm³/mol. The first-order valence-corrected chi connectivity index (χ1v) is 10.4. The summed E-state index contributed by atoms with van der Waals surface area (Å²) in [5.41, 5.74) is 4.83. The van der Waals surface area contributed by atoms with Crippen molar-refractivity contribution in [3.8, 4) is 17.2 Å². The van der Waals surface area contributed by atoms with E-state index in [4.69, 9.17) is 37.4 Å². The number of hydrogen-bond donors (Lipinski definition) is 1. The van der Waals surface area contributed by atoms with Gasteiger partial charge in [0, 0.05) is 21.2 Å². The molecule has 0 aromatic heterocycles. The molecule has 0 atom stereocenters. The second kappa shape index (κ2) is 11.4. The van der Waals surface area contributed by atoms with E-state index in [1.54, 1.807) is 44.6 Å². The minimum atomic E-state index is -0.264. The second-order valence-corrected chi connectivity index (χ2v) is 7.57. The lowest BCUT2D eigenvalue weighted by Crippen LogP contribution is -2.19. The Balaban J connectivity index is 1.60. The van der Waals surface area contributed by atoms with E-state index in [9.17, 15) is 4.79 Å². The molecule has 32 heavy (non-hydrogen) atoms. The summed E-state index contributed by atoms with van der Waals surface area (Å²) >= 11 is 12.1. The molecule has 1 amide bonds.